The molecule has 2 rings (SSSR count). The SMILES string of the molecule is CN(C)CC(C)(C)CNC(=O)COc1ccc2cc(Br)ccc2c1. The van der Waals surface area contributed by atoms with Crippen molar-refractivity contribution in [1.29, 1.82) is 0 Å². The highest BCUT2D eigenvalue weighted by atomic mass is 79.9. The van der Waals surface area contributed by atoms with Crippen molar-refractivity contribution in [2.75, 3.05) is 33.8 Å². The van der Waals surface area contributed by atoms with E-state index in [0.29, 0.717) is 12.3 Å². The van der Waals surface area contributed by atoms with Gasteiger partial charge in [0.1, 0.15) is 5.75 Å². The molecule has 0 saturated carbocycles. The van der Waals surface area contributed by atoms with Gasteiger partial charge in [-0.1, -0.05) is 41.9 Å². The number of rotatable bonds is 7. The van der Waals surface area contributed by atoms with Crippen LogP contribution < -0.4 is 10.1 Å². The molecule has 4 nitrogen and oxygen atoms in total. The van der Waals surface area contributed by atoms with Crippen LogP contribution in [-0.2, 0) is 4.79 Å². The highest BCUT2D eigenvalue weighted by molar-refractivity contribution is 9.10. The smallest absolute Gasteiger partial charge is 0.257 e. The summed E-state index contributed by atoms with van der Waals surface area (Å²) in [5.41, 5.74) is 0.0233. The zero-order chi connectivity index (χ0) is 17.7. The lowest BCUT2D eigenvalue weighted by atomic mass is 9.93. The molecule has 0 aromatic heterocycles. The van der Waals surface area contributed by atoms with Crippen molar-refractivity contribution in [3.05, 3.63) is 40.9 Å². The Bertz CT molecular complexity index is 714. The highest BCUT2D eigenvalue weighted by Crippen LogP contribution is 2.24. The average Bonchev–Trinajstić information content (AvgIpc) is 2.49. The molecule has 0 aliphatic heterocycles. The Kier molecular flexibility index (Phi) is 6.24. The number of ether oxygens (including phenoxy) is 1. The molecule has 24 heavy (non-hydrogen) atoms. The summed E-state index contributed by atoms with van der Waals surface area (Å²) in [6.07, 6.45) is 0. The Hall–Kier alpha value is -1.59. The Morgan fingerprint density at radius 1 is 1.17 bits per heavy atom. The van der Waals surface area contributed by atoms with Crippen LogP contribution in [0.3, 0.4) is 0 Å². The molecule has 0 atom stereocenters. The number of fused-ring (bicyclic) bond motifs is 1. The van der Waals surface area contributed by atoms with Crippen LogP contribution >= 0.6 is 15.9 Å². The summed E-state index contributed by atoms with van der Waals surface area (Å²) in [6.45, 7) is 5.83. The van der Waals surface area contributed by atoms with E-state index in [1.807, 2.05) is 44.4 Å². The summed E-state index contributed by atoms with van der Waals surface area (Å²) in [7, 11) is 4.07. The topological polar surface area (TPSA) is 41.6 Å². The first kappa shape index (κ1) is 18.7. The van der Waals surface area contributed by atoms with Crippen molar-refractivity contribution in [3.63, 3.8) is 0 Å². The number of halogens is 1. The Morgan fingerprint density at radius 3 is 2.54 bits per heavy atom. The molecule has 5 heteroatoms. The largest absolute Gasteiger partial charge is 0.484 e. The molecule has 1 amide bonds. The van der Waals surface area contributed by atoms with E-state index in [1.165, 1.54) is 0 Å². The molecule has 0 bridgehead atoms. The van der Waals surface area contributed by atoms with Gasteiger partial charge in [-0.25, -0.2) is 0 Å². The van der Waals surface area contributed by atoms with E-state index in [2.05, 4.69) is 46.1 Å². The minimum absolute atomic E-state index is 0.0233. The van der Waals surface area contributed by atoms with Gasteiger partial charge in [-0.2, -0.15) is 0 Å². The Balaban J connectivity index is 1.86. The normalized spacial score (nSPS) is 11.8. The lowest BCUT2D eigenvalue weighted by Crippen LogP contribution is -2.41. The molecule has 2 aromatic carbocycles. The summed E-state index contributed by atoms with van der Waals surface area (Å²) in [5, 5.41) is 5.16. The van der Waals surface area contributed by atoms with E-state index in [9.17, 15) is 4.79 Å². The van der Waals surface area contributed by atoms with Gasteiger partial charge in [-0.3, -0.25) is 4.79 Å². The maximum Gasteiger partial charge on any atom is 0.257 e. The van der Waals surface area contributed by atoms with Crippen molar-refractivity contribution in [2.24, 2.45) is 5.41 Å². The fraction of sp³-hybridized carbons (Fsp3) is 0.421. The van der Waals surface area contributed by atoms with E-state index >= 15 is 0 Å². The summed E-state index contributed by atoms with van der Waals surface area (Å²) < 4.78 is 6.66. The second kappa shape index (κ2) is 7.99. The number of carbonyl (C=O) groups excluding carboxylic acids is 1. The average molecular weight is 393 g/mol. The van der Waals surface area contributed by atoms with Crippen molar-refractivity contribution >= 4 is 32.6 Å². The van der Waals surface area contributed by atoms with Gasteiger partial charge < -0.3 is 15.0 Å². The fourth-order valence-electron chi connectivity index (χ4n) is 2.73. The van der Waals surface area contributed by atoms with Crippen LogP contribution in [0.2, 0.25) is 0 Å². The Morgan fingerprint density at radius 2 is 1.83 bits per heavy atom. The lowest BCUT2D eigenvalue weighted by molar-refractivity contribution is -0.123. The zero-order valence-corrected chi connectivity index (χ0v) is 16.3. The van der Waals surface area contributed by atoms with Crippen LogP contribution in [0.5, 0.6) is 5.75 Å². The quantitative estimate of drug-likeness (QED) is 0.780. The minimum Gasteiger partial charge on any atom is -0.484 e. The molecule has 0 saturated heterocycles. The lowest BCUT2D eigenvalue weighted by Gasteiger charge is -2.28. The number of hydrogen-bond donors (Lipinski definition) is 1. The molecule has 0 aliphatic carbocycles. The number of nitrogens with one attached hydrogen (secondary N) is 1. The maximum atomic E-state index is 12.0. The van der Waals surface area contributed by atoms with E-state index in [1.54, 1.807) is 0 Å². The summed E-state index contributed by atoms with van der Waals surface area (Å²) >= 11 is 3.46. The number of hydrogen-bond acceptors (Lipinski definition) is 3. The number of nitrogens with zero attached hydrogens (tertiary/aromatic N) is 1. The molecule has 0 heterocycles. The molecule has 0 fully saturated rings. The molecule has 0 radical (unpaired) electrons. The first-order valence-electron chi connectivity index (χ1n) is 7.99. The molecule has 0 aliphatic rings. The van der Waals surface area contributed by atoms with Crippen LogP contribution in [0.4, 0.5) is 0 Å². The number of amides is 1. The van der Waals surface area contributed by atoms with Crippen LogP contribution in [-0.4, -0.2) is 44.6 Å². The summed E-state index contributed by atoms with van der Waals surface area (Å²) in [4.78, 5) is 14.1. The second-order valence-corrected chi connectivity index (χ2v) is 8.04. The summed E-state index contributed by atoms with van der Waals surface area (Å²) in [6, 6.07) is 11.9. The molecule has 1 N–H and O–H groups in total. The third-order valence-electron chi connectivity index (χ3n) is 3.65. The predicted molar refractivity (Wildman–Crippen MR) is 102 cm³/mol. The van der Waals surface area contributed by atoms with Crippen molar-refractivity contribution < 1.29 is 9.53 Å². The monoisotopic (exact) mass is 392 g/mol. The van der Waals surface area contributed by atoms with Crippen LogP contribution in [0, 0.1) is 5.41 Å². The highest BCUT2D eigenvalue weighted by Gasteiger charge is 2.19. The standard InChI is InChI=1S/C19H25BrN2O2/c1-19(2,13-22(3)4)12-21-18(23)11-24-17-8-6-14-9-16(20)7-5-15(14)10-17/h5-10H,11-13H2,1-4H3,(H,21,23). The van der Waals surface area contributed by atoms with Crippen LogP contribution in [0.1, 0.15) is 13.8 Å². The molecule has 2 aromatic rings. The molecule has 130 valence electrons. The molecule has 0 unspecified atom stereocenters. The van der Waals surface area contributed by atoms with Crippen LogP contribution in [0.15, 0.2) is 40.9 Å². The van der Waals surface area contributed by atoms with Gasteiger partial charge in [0, 0.05) is 17.6 Å². The first-order valence-corrected chi connectivity index (χ1v) is 8.78. The zero-order valence-electron chi connectivity index (χ0n) is 14.7. The first-order chi connectivity index (χ1) is 11.2. The molecular weight excluding hydrogens is 368 g/mol. The predicted octanol–water partition coefficient (Wildman–Crippen LogP) is 3.69. The number of carbonyl (C=O) groups is 1. The van der Waals surface area contributed by atoms with Gasteiger partial charge in [0.15, 0.2) is 6.61 Å². The Labute approximate surface area is 152 Å². The second-order valence-electron chi connectivity index (χ2n) is 7.12. The summed E-state index contributed by atoms with van der Waals surface area (Å²) in [5.74, 6) is 0.602. The molecule has 0 spiro atoms. The number of benzene rings is 2. The van der Waals surface area contributed by atoms with Gasteiger partial charge in [-0.15, -0.1) is 0 Å². The van der Waals surface area contributed by atoms with Crippen molar-refractivity contribution in [1.82, 2.24) is 10.2 Å². The van der Waals surface area contributed by atoms with Crippen molar-refractivity contribution in [3.8, 4) is 5.75 Å². The third kappa shape index (κ3) is 5.80. The van der Waals surface area contributed by atoms with Gasteiger partial charge in [0.05, 0.1) is 0 Å². The van der Waals surface area contributed by atoms with Gasteiger partial charge >= 0.3 is 0 Å². The maximum absolute atomic E-state index is 12.0. The van der Waals surface area contributed by atoms with Gasteiger partial charge in [0.25, 0.3) is 5.91 Å². The van der Waals surface area contributed by atoms with Crippen LogP contribution in [0.25, 0.3) is 10.8 Å². The van der Waals surface area contributed by atoms with E-state index in [-0.39, 0.29) is 17.9 Å². The van der Waals surface area contributed by atoms with Gasteiger partial charge in [0.2, 0.25) is 0 Å². The molecular formula is C19H25BrN2O2. The minimum atomic E-state index is -0.0993. The van der Waals surface area contributed by atoms with Crippen molar-refractivity contribution in [2.45, 2.75) is 13.8 Å². The third-order valence-corrected chi connectivity index (χ3v) is 4.15. The van der Waals surface area contributed by atoms with E-state index in [0.717, 1.165) is 21.8 Å². The van der Waals surface area contributed by atoms with E-state index < -0.39 is 0 Å². The van der Waals surface area contributed by atoms with Gasteiger partial charge in [-0.05, 0) is 54.5 Å². The fourth-order valence-corrected chi connectivity index (χ4v) is 3.11. The van der Waals surface area contributed by atoms with E-state index in [4.69, 9.17) is 4.74 Å².